The van der Waals surface area contributed by atoms with Gasteiger partial charge in [0.05, 0.1) is 12.2 Å². The minimum Gasteiger partial charge on any atom is -0.481 e. The summed E-state index contributed by atoms with van der Waals surface area (Å²) in [4.78, 5) is 11.1. The summed E-state index contributed by atoms with van der Waals surface area (Å²) >= 11 is 0. The predicted octanol–water partition coefficient (Wildman–Crippen LogP) is 4.48. The van der Waals surface area contributed by atoms with Crippen LogP contribution in [0, 0.1) is 46.3 Å². The molecule has 0 bridgehead atoms. The Morgan fingerprint density at radius 2 is 1.64 bits per heavy atom. The number of hydrogen-bond donors (Lipinski definition) is 3. The van der Waals surface area contributed by atoms with E-state index in [1.807, 2.05) is 0 Å². The molecule has 0 aromatic rings. The highest BCUT2D eigenvalue weighted by Crippen LogP contribution is 2.68. The van der Waals surface area contributed by atoms with Crippen molar-refractivity contribution in [3.8, 4) is 0 Å². The Morgan fingerprint density at radius 1 is 0.964 bits per heavy atom. The fourth-order valence-corrected chi connectivity index (χ4v) is 8.81. The number of carbonyl (C=O) groups is 1. The summed E-state index contributed by atoms with van der Waals surface area (Å²) < 4.78 is 0. The first-order chi connectivity index (χ1) is 13.2. The first kappa shape index (κ1) is 20.7. The monoisotopic (exact) mass is 392 g/mol. The summed E-state index contributed by atoms with van der Waals surface area (Å²) in [6.07, 6.45) is 9.16. The zero-order valence-corrected chi connectivity index (χ0v) is 17.9. The third kappa shape index (κ3) is 3.14. The topological polar surface area (TPSA) is 77.8 Å². The maximum Gasteiger partial charge on any atom is 0.303 e. The molecule has 28 heavy (non-hydrogen) atoms. The van der Waals surface area contributed by atoms with Crippen LogP contribution in [0.4, 0.5) is 0 Å². The van der Waals surface area contributed by atoms with Gasteiger partial charge in [-0.05, 0) is 104 Å². The Morgan fingerprint density at radius 3 is 2.36 bits per heavy atom. The van der Waals surface area contributed by atoms with Gasteiger partial charge < -0.3 is 15.3 Å². The van der Waals surface area contributed by atoms with E-state index in [1.165, 1.54) is 25.7 Å². The molecule has 0 saturated heterocycles. The second-order valence-corrected chi connectivity index (χ2v) is 11.4. The quantitative estimate of drug-likeness (QED) is 0.659. The lowest BCUT2D eigenvalue weighted by Crippen LogP contribution is -2.58. The van der Waals surface area contributed by atoms with Crippen LogP contribution in [0.2, 0.25) is 0 Å². The largest absolute Gasteiger partial charge is 0.481 e. The Labute approximate surface area is 170 Å². The number of carboxylic acids is 1. The lowest BCUT2D eigenvalue weighted by molar-refractivity contribution is -0.172. The zero-order chi connectivity index (χ0) is 20.3. The van der Waals surface area contributed by atoms with Crippen LogP contribution in [0.15, 0.2) is 0 Å². The molecule has 4 saturated carbocycles. The summed E-state index contributed by atoms with van der Waals surface area (Å²) in [6.45, 7) is 7.16. The smallest absolute Gasteiger partial charge is 0.303 e. The first-order valence-corrected chi connectivity index (χ1v) is 11.7. The molecule has 10 atom stereocenters. The third-order valence-corrected chi connectivity index (χ3v) is 10.2. The molecule has 0 amide bonds. The maximum absolute atomic E-state index is 11.1. The number of fused-ring (bicyclic) bond motifs is 5. The molecule has 4 heteroatoms. The van der Waals surface area contributed by atoms with E-state index in [2.05, 4.69) is 20.8 Å². The zero-order valence-electron chi connectivity index (χ0n) is 17.9. The van der Waals surface area contributed by atoms with E-state index >= 15 is 0 Å². The standard InChI is InChI=1S/C24H40O4/c1-14(4-7-22(27)28)17-5-6-18-16-13-21(26)20-12-15(25)8-10-24(20,3)19(16)9-11-23(17,18)2/h14-21,25-26H,4-13H2,1-3H3,(H,27,28)/t14-,15-,16-,17-,18-,19-,20+,21+,23-,24-/m1/s1. The molecule has 160 valence electrons. The lowest BCUT2D eigenvalue weighted by atomic mass is 9.44. The van der Waals surface area contributed by atoms with Crippen LogP contribution >= 0.6 is 0 Å². The molecule has 0 aromatic carbocycles. The van der Waals surface area contributed by atoms with E-state index in [0.717, 1.165) is 32.1 Å². The molecule has 0 aliphatic heterocycles. The maximum atomic E-state index is 11.1. The van der Waals surface area contributed by atoms with Crippen LogP contribution in [0.25, 0.3) is 0 Å². The average molecular weight is 393 g/mol. The molecule has 4 fully saturated rings. The van der Waals surface area contributed by atoms with Crippen molar-refractivity contribution < 1.29 is 20.1 Å². The van der Waals surface area contributed by atoms with Gasteiger partial charge in [0.2, 0.25) is 0 Å². The fourth-order valence-electron chi connectivity index (χ4n) is 8.81. The van der Waals surface area contributed by atoms with E-state index in [0.29, 0.717) is 35.0 Å². The normalized spacial score (nSPS) is 51.7. The molecule has 4 aliphatic carbocycles. The SMILES string of the molecule is C[C@H](CCC(=O)O)[C@H]1CC[C@@H]2[C@H]3C[C@H](O)[C@@H]4C[C@H](O)CC[C@]4(C)[C@@H]3CC[C@@]21C. The molecule has 0 spiro atoms. The first-order valence-electron chi connectivity index (χ1n) is 11.7. The van der Waals surface area contributed by atoms with Crippen LogP contribution in [0.5, 0.6) is 0 Å². The third-order valence-electron chi connectivity index (χ3n) is 10.2. The van der Waals surface area contributed by atoms with Gasteiger partial charge in [0.1, 0.15) is 0 Å². The van der Waals surface area contributed by atoms with Crippen molar-refractivity contribution in [2.75, 3.05) is 0 Å². The van der Waals surface area contributed by atoms with E-state index < -0.39 is 5.97 Å². The summed E-state index contributed by atoms with van der Waals surface area (Å²) in [5, 5.41) is 30.4. The highest BCUT2D eigenvalue weighted by molar-refractivity contribution is 5.66. The fraction of sp³-hybridized carbons (Fsp3) is 0.958. The molecule has 0 aromatic heterocycles. The number of aliphatic hydroxyl groups is 2. The highest BCUT2D eigenvalue weighted by atomic mass is 16.4. The second kappa shape index (κ2) is 7.27. The molecule has 4 nitrogen and oxygen atoms in total. The highest BCUT2D eigenvalue weighted by Gasteiger charge is 2.62. The van der Waals surface area contributed by atoms with Crippen molar-refractivity contribution in [3.05, 3.63) is 0 Å². The molecular weight excluding hydrogens is 352 g/mol. The van der Waals surface area contributed by atoms with E-state index in [1.54, 1.807) is 0 Å². The van der Waals surface area contributed by atoms with Crippen molar-refractivity contribution in [1.29, 1.82) is 0 Å². The average Bonchev–Trinajstić information content (AvgIpc) is 2.99. The Kier molecular flexibility index (Phi) is 5.36. The van der Waals surface area contributed by atoms with Crippen molar-refractivity contribution >= 4 is 5.97 Å². The van der Waals surface area contributed by atoms with Gasteiger partial charge in [-0.1, -0.05) is 20.8 Å². The number of aliphatic carboxylic acids is 1. The molecule has 4 rings (SSSR count). The van der Waals surface area contributed by atoms with Gasteiger partial charge in [-0.15, -0.1) is 0 Å². The van der Waals surface area contributed by atoms with Crippen LogP contribution in [-0.2, 0) is 4.79 Å². The number of rotatable bonds is 4. The van der Waals surface area contributed by atoms with Gasteiger partial charge in [-0.25, -0.2) is 0 Å². The van der Waals surface area contributed by atoms with Crippen molar-refractivity contribution in [1.82, 2.24) is 0 Å². The van der Waals surface area contributed by atoms with Crippen molar-refractivity contribution in [2.24, 2.45) is 46.3 Å². The Bertz CT molecular complexity index is 605. The van der Waals surface area contributed by atoms with Crippen LogP contribution in [0.3, 0.4) is 0 Å². The predicted molar refractivity (Wildman–Crippen MR) is 109 cm³/mol. The van der Waals surface area contributed by atoms with Gasteiger partial charge in [0, 0.05) is 6.42 Å². The summed E-state index contributed by atoms with van der Waals surface area (Å²) in [5.74, 6) is 2.61. The van der Waals surface area contributed by atoms with Crippen molar-refractivity contribution in [3.63, 3.8) is 0 Å². The number of carboxylic acid groups (broad SMARTS) is 1. The van der Waals surface area contributed by atoms with Gasteiger partial charge in [0.15, 0.2) is 0 Å². The van der Waals surface area contributed by atoms with Gasteiger partial charge in [0.25, 0.3) is 0 Å². The minimum absolute atomic E-state index is 0.176. The van der Waals surface area contributed by atoms with Crippen LogP contribution in [-0.4, -0.2) is 33.5 Å². The summed E-state index contributed by atoms with van der Waals surface area (Å²) in [6, 6.07) is 0. The van der Waals surface area contributed by atoms with Gasteiger partial charge in [-0.3, -0.25) is 4.79 Å². The van der Waals surface area contributed by atoms with E-state index in [4.69, 9.17) is 5.11 Å². The Balaban J connectivity index is 1.55. The molecule has 0 unspecified atom stereocenters. The molecule has 0 heterocycles. The summed E-state index contributed by atoms with van der Waals surface area (Å²) in [5.41, 5.74) is 0.478. The minimum atomic E-state index is -0.677. The molecule has 3 N–H and O–H groups in total. The molecule has 4 aliphatic rings. The molecule has 0 radical (unpaired) electrons. The van der Waals surface area contributed by atoms with Gasteiger partial charge in [-0.2, -0.15) is 0 Å². The van der Waals surface area contributed by atoms with Crippen molar-refractivity contribution in [2.45, 2.75) is 97.2 Å². The lowest BCUT2D eigenvalue weighted by Gasteiger charge is -2.62. The number of aliphatic hydroxyl groups excluding tert-OH is 2. The van der Waals surface area contributed by atoms with Crippen LogP contribution < -0.4 is 0 Å². The summed E-state index contributed by atoms with van der Waals surface area (Å²) in [7, 11) is 0. The van der Waals surface area contributed by atoms with Gasteiger partial charge >= 0.3 is 5.97 Å². The molecular formula is C24H40O4. The number of hydrogen-bond acceptors (Lipinski definition) is 3. The second-order valence-electron chi connectivity index (χ2n) is 11.4. The van der Waals surface area contributed by atoms with Crippen LogP contribution in [0.1, 0.15) is 85.0 Å². The van der Waals surface area contributed by atoms with E-state index in [9.17, 15) is 15.0 Å². The Hall–Kier alpha value is -0.610. The van der Waals surface area contributed by atoms with E-state index in [-0.39, 0.29) is 30.0 Å².